The number of aliphatic imine (C=N–C) groups is 2. The van der Waals surface area contributed by atoms with Crippen LogP contribution in [0.3, 0.4) is 0 Å². The third-order valence-corrected chi connectivity index (χ3v) is 12.9. The molecule has 1 atom stereocenters. The highest BCUT2D eigenvalue weighted by Gasteiger charge is 2.26. The lowest BCUT2D eigenvalue weighted by atomic mass is 9.92. The van der Waals surface area contributed by atoms with Crippen LogP contribution in [0, 0.1) is 5.92 Å². The van der Waals surface area contributed by atoms with Gasteiger partial charge in [0.25, 0.3) is 0 Å². The summed E-state index contributed by atoms with van der Waals surface area (Å²) in [6.45, 7) is 2.27. The van der Waals surface area contributed by atoms with E-state index < -0.39 is 0 Å². The fourth-order valence-electron chi connectivity index (χ4n) is 9.87. The van der Waals surface area contributed by atoms with Gasteiger partial charge in [0.15, 0.2) is 5.84 Å². The van der Waals surface area contributed by atoms with Gasteiger partial charge in [-0.05, 0) is 82.6 Å². The van der Waals surface area contributed by atoms with E-state index in [2.05, 4.69) is 181 Å². The molecule has 62 heavy (non-hydrogen) atoms. The summed E-state index contributed by atoms with van der Waals surface area (Å²) < 4.78 is 15.8. The Labute approximate surface area is 356 Å². The van der Waals surface area contributed by atoms with Crippen molar-refractivity contribution in [3.8, 4) is 5.69 Å². The first-order chi connectivity index (χ1) is 30.6. The molecule has 4 heterocycles. The number of hydrogen-bond acceptors (Lipinski definition) is 4. The lowest BCUT2D eigenvalue weighted by Gasteiger charge is -2.20. The molecular weight excluding hydrogens is 759 g/mol. The van der Waals surface area contributed by atoms with Crippen molar-refractivity contribution in [3.05, 3.63) is 205 Å². The maximum atomic E-state index is 6.97. The molecule has 0 radical (unpaired) electrons. The quantitative estimate of drug-likeness (QED) is 0.178. The summed E-state index contributed by atoms with van der Waals surface area (Å²) in [7, 11) is 0. The zero-order chi connectivity index (χ0) is 40.9. The highest BCUT2D eigenvalue weighted by Crippen LogP contribution is 2.43. The molecule has 0 N–H and O–H groups in total. The number of benzene rings is 9. The van der Waals surface area contributed by atoms with E-state index in [-0.39, 0.29) is 5.92 Å². The van der Waals surface area contributed by atoms with Gasteiger partial charge in [0, 0.05) is 49.4 Å². The molecular formula is C57H37N3O2. The number of amidine groups is 1. The fourth-order valence-corrected chi connectivity index (χ4v) is 9.87. The van der Waals surface area contributed by atoms with Crippen LogP contribution in [-0.2, 0) is 0 Å². The molecule has 0 fully saturated rings. The normalized spacial score (nSPS) is 17.4. The van der Waals surface area contributed by atoms with Gasteiger partial charge in [-0.3, -0.25) is 0 Å². The first kappa shape index (κ1) is 34.8. The number of nitrogens with zero attached hydrogens (tertiary/aromatic N) is 3. The maximum Gasteiger partial charge on any atom is 0.160 e. The van der Waals surface area contributed by atoms with E-state index in [1.54, 1.807) is 0 Å². The van der Waals surface area contributed by atoms with Crippen molar-refractivity contribution < 1.29 is 8.83 Å². The molecule has 9 aromatic carbocycles. The lowest BCUT2D eigenvalue weighted by molar-refractivity contribution is 0.667. The van der Waals surface area contributed by atoms with Crippen molar-refractivity contribution in [2.24, 2.45) is 15.9 Å². The van der Waals surface area contributed by atoms with Crippen molar-refractivity contribution in [3.63, 3.8) is 0 Å². The van der Waals surface area contributed by atoms with E-state index in [1.807, 2.05) is 18.2 Å². The van der Waals surface area contributed by atoms with E-state index >= 15 is 0 Å². The third kappa shape index (κ3) is 5.28. The van der Waals surface area contributed by atoms with Gasteiger partial charge in [0.05, 0.1) is 33.7 Å². The number of rotatable bonds is 4. The van der Waals surface area contributed by atoms with E-state index in [4.69, 9.17) is 18.8 Å². The molecule has 0 spiro atoms. The lowest BCUT2D eigenvalue weighted by Crippen LogP contribution is -2.17. The Bertz CT molecular complexity index is 3920. The molecule has 5 nitrogen and oxygen atoms in total. The van der Waals surface area contributed by atoms with Gasteiger partial charge in [-0.25, -0.2) is 9.98 Å². The van der Waals surface area contributed by atoms with Crippen LogP contribution in [0.2, 0.25) is 0 Å². The number of hydrogen-bond donors (Lipinski definition) is 0. The average Bonchev–Trinajstić information content (AvgIpc) is 3.98. The molecule has 0 bridgehead atoms. The van der Waals surface area contributed by atoms with Gasteiger partial charge in [0.2, 0.25) is 0 Å². The topological polar surface area (TPSA) is 55.9 Å². The summed E-state index contributed by atoms with van der Waals surface area (Å²) in [4.78, 5) is 11.4. The average molecular weight is 796 g/mol. The van der Waals surface area contributed by atoms with Crippen molar-refractivity contribution in [1.82, 2.24) is 4.57 Å². The van der Waals surface area contributed by atoms with Gasteiger partial charge < -0.3 is 13.4 Å². The maximum absolute atomic E-state index is 6.97. The van der Waals surface area contributed by atoms with Crippen LogP contribution >= 0.6 is 0 Å². The van der Waals surface area contributed by atoms with Gasteiger partial charge in [-0.1, -0.05) is 140 Å². The molecule has 0 amide bonds. The first-order valence-corrected chi connectivity index (χ1v) is 21.3. The number of para-hydroxylation sites is 3. The van der Waals surface area contributed by atoms with Crippen LogP contribution in [0.15, 0.2) is 207 Å². The van der Waals surface area contributed by atoms with Crippen LogP contribution in [0.5, 0.6) is 0 Å². The second kappa shape index (κ2) is 13.5. The van der Waals surface area contributed by atoms with E-state index in [0.29, 0.717) is 12.3 Å². The van der Waals surface area contributed by atoms with Gasteiger partial charge >= 0.3 is 0 Å². The van der Waals surface area contributed by atoms with Crippen LogP contribution in [0.25, 0.3) is 98.6 Å². The number of aromatic nitrogens is 1. The van der Waals surface area contributed by atoms with Gasteiger partial charge in [-0.15, -0.1) is 0 Å². The van der Waals surface area contributed by atoms with Crippen molar-refractivity contribution in [2.45, 2.75) is 13.3 Å². The molecule has 0 saturated carbocycles. The second-order valence-corrected chi connectivity index (χ2v) is 16.5. The van der Waals surface area contributed by atoms with Gasteiger partial charge in [-0.2, -0.15) is 0 Å². The minimum absolute atomic E-state index is 0.0326. The summed E-state index contributed by atoms with van der Waals surface area (Å²) in [6, 6.07) is 64.4. The Hall–Kier alpha value is -8.02. The molecule has 1 aliphatic rings. The standard InChI is InChI=1S/C57H37N3O2/c1-34-25-29-47(58-57(45-21-12-16-35-13-4-5-17-39(35)45)59-55(34)38-26-27-43-41-19-7-10-23-51(41)61-53(43)33-38)54-49(30-28-44-42-20-8-11-24-52(42)62-56(44)54)60-48-22-9-6-18-40(48)46-31-36-14-2-3-15-37(36)32-50(46)60/h2-24,26-34H,25H2,1H3/b47-29+,58-57-,59-55+. The molecule has 3 aromatic heterocycles. The Morgan fingerprint density at radius 3 is 1.97 bits per heavy atom. The SMILES string of the molecule is CC1C/C=C(c2c(-n3c4ccccc4c4cc5ccccc5cc43)ccc3c2oc2ccccc23)/N=C(c2cccc3ccccc23)\N=C/1c1ccc2c(c1)oc1ccccc12. The van der Waals surface area contributed by atoms with Crippen molar-refractivity contribution in [1.29, 1.82) is 0 Å². The highest BCUT2D eigenvalue weighted by atomic mass is 16.3. The molecule has 0 aliphatic carbocycles. The Morgan fingerprint density at radius 1 is 0.484 bits per heavy atom. The van der Waals surface area contributed by atoms with E-state index in [1.165, 1.54) is 21.5 Å². The summed E-state index contributed by atoms with van der Waals surface area (Å²) in [5.41, 5.74) is 11.3. The summed E-state index contributed by atoms with van der Waals surface area (Å²) in [6.07, 6.45) is 3.01. The zero-order valence-electron chi connectivity index (χ0n) is 33.8. The van der Waals surface area contributed by atoms with E-state index in [0.717, 1.165) is 99.5 Å². The first-order valence-electron chi connectivity index (χ1n) is 21.3. The molecule has 13 rings (SSSR count). The minimum Gasteiger partial charge on any atom is -0.456 e. The largest absolute Gasteiger partial charge is 0.456 e. The van der Waals surface area contributed by atoms with Crippen LogP contribution in [0.4, 0.5) is 0 Å². The molecule has 1 aliphatic heterocycles. The van der Waals surface area contributed by atoms with Crippen molar-refractivity contribution >= 4 is 104 Å². The predicted octanol–water partition coefficient (Wildman–Crippen LogP) is 15.2. The number of fused-ring (bicyclic) bond motifs is 11. The van der Waals surface area contributed by atoms with Crippen LogP contribution < -0.4 is 0 Å². The van der Waals surface area contributed by atoms with Crippen LogP contribution in [-0.4, -0.2) is 16.1 Å². The van der Waals surface area contributed by atoms with Crippen LogP contribution in [0.1, 0.15) is 30.0 Å². The smallest absolute Gasteiger partial charge is 0.160 e. The summed E-state index contributed by atoms with van der Waals surface area (Å²) >= 11 is 0. The Morgan fingerprint density at radius 2 is 1.13 bits per heavy atom. The zero-order valence-corrected chi connectivity index (χ0v) is 33.8. The molecule has 5 heteroatoms. The minimum atomic E-state index is 0.0326. The van der Waals surface area contributed by atoms with Crippen molar-refractivity contribution in [2.75, 3.05) is 0 Å². The number of allylic oxidation sites excluding steroid dienone is 1. The molecule has 292 valence electrons. The molecule has 12 aromatic rings. The van der Waals surface area contributed by atoms with Gasteiger partial charge in [0.1, 0.15) is 22.3 Å². The summed E-state index contributed by atoms with van der Waals surface area (Å²) in [5.74, 6) is 0.678. The summed E-state index contributed by atoms with van der Waals surface area (Å²) in [5, 5.41) is 11.3. The number of furan rings is 2. The van der Waals surface area contributed by atoms with E-state index in [9.17, 15) is 0 Å². The molecule has 1 unspecified atom stereocenters. The molecule has 0 saturated heterocycles. The highest BCUT2D eigenvalue weighted by molar-refractivity contribution is 6.21. The monoisotopic (exact) mass is 795 g/mol. The Balaban J connectivity index is 1.11. The second-order valence-electron chi connectivity index (χ2n) is 16.5. The third-order valence-electron chi connectivity index (χ3n) is 12.9. The Kier molecular flexibility index (Phi) is 7.58. The predicted molar refractivity (Wildman–Crippen MR) is 258 cm³/mol. The fraction of sp³-hybridized carbons (Fsp3) is 0.0526.